The first-order chi connectivity index (χ1) is 10.2. The first kappa shape index (κ1) is 13.1. The van der Waals surface area contributed by atoms with Gasteiger partial charge in [0.2, 0.25) is 0 Å². The normalized spacial score (nSPS) is 10.5. The van der Waals surface area contributed by atoms with Crippen LogP contribution in [-0.2, 0) is 6.42 Å². The lowest BCUT2D eigenvalue weighted by Gasteiger charge is -2.07. The van der Waals surface area contributed by atoms with Gasteiger partial charge in [0, 0.05) is 18.2 Å². The molecule has 0 saturated carbocycles. The summed E-state index contributed by atoms with van der Waals surface area (Å²) in [6.07, 6.45) is 3.64. The Labute approximate surface area is 122 Å². The zero-order valence-corrected chi connectivity index (χ0v) is 11.3. The van der Waals surface area contributed by atoms with Crippen LogP contribution in [0.1, 0.15) is 11.1 Å². The summed E-state index contributed by atoms with van der Waals surface area (Å²) in [5.41, 5.74) is 2.29. The van der Waals surface area contributed by atoms with Crippen LogP contribution < -0.4 is 5.56 Å². The van der Waals surface area contributed by atoms with Crippen molar-refractivity contribution in [2.24, 2.45) is 0 Å². The third-order valence-corrected chi connectivity index (χ3v) is 3.27. The molecule has 0 fully saturated rings. The van der Waals surface area contributed by atoms with Crippen LogP contribution in [-0.4, -0.2) is 14.7 Å². The molecular formula is C17H14N2O2. The molecule has 0 atom stereocenters. The average molecular weight is 278 g/mol. The van der Waals surface area contributed by atoms with Crippen molar-refractivity contribution in [2.45, 2.75) is 6.42 Å². The van der Waals surface area contributed by atoms with E-state index < -0.39 is 0 Å². The van der Waals surface area contributed by atoms with Gasteiger partial charge >= 0.3 is 0 Å². The minimum atomic E-state index is -0.0976. The summed E-state index contributed by atoms with van der Waals surface area (Å²) in [7, 11) is 0. The van der Waals surface area contributed by atoms with E-state index in [0.717, 1.165) is 5.56 Å². The molecule has 4 nitrogen and oxygen atoms in total. The fourth-order valence-electron chi connectivity index (χ4n) is 2.19. The number of benzene rings is 2. The van der Waals surface area contributed by atoms with Crippen molar-refractivity contribution in [1.29, 1.82) is 0 Å². The molecule has 2 aromatic carbocycles. The molecule has 104 valence electrons. The van der Waals surface area contributed by atoms with Crippen LogP contribution in [0.5, 0.6) is 5.75 Å². The van der Waals surface area contributed by atoms with Gasteiger partial charge in [-0.25, -0.2) is 4.98 Å². The Kier molecular flexibility index (Phi) is 3.51. The predicted molar refractivity (Wildman–Crippen MR) is 80.7 cm³/mol. The maximum absolute atomic E-state index is 12.5. The second kappa shape index (κ2) is 5.63. The molecule has 21 heavy (non-hydrogen) atoms. The maximum atomic E-state index is 12.5. The molecule has 1 aromatic heterocycles. The molecule has 1 N–H and O–H groups in total. The molecular weight excluding hydrogens is 264 g/mol. The van der Waals surface area contributed by atoms with Gasteiger partial charge in [-0.15, -0.1) is 0 Å². The molecule has 4 heteroatoms. The largest absolute Gasteiger partial charge is 0.508 e. The molecule has 0 saturated heterocycles. The summed E-state index contributed by atoms with van der Waals surface area (Å²) in [4.78, 5) is 16.7. The molecule has 0 bridgehead atoms. The van der Waals surface area contributed by atoms with Crippen LogP contribution in [0.15, 0.2) is 71.9 Å². The smallest absolute Gasteiger partial charge is 0.261 e. The van der Waals surface area contributed by atoms with Crippen LogP contribution in [0.25, 0.3) is 5.69 Å². The Hall–Kier alpha value is -2.88. The number of nitrogens with zero attached hydrogens (tertiary/aromatic N) is 2. The van der Waals surface area contributed by atoms with Crippen molar-refractivity contribution in [3.8, 4) is 11.4 Å². The van der Waals surface area contributed by atoms with Gasteiger partial charge in [-0.05, 0) is 29.8 Å². The predicted octanol–water partition coefficient (Wildman–Crippen LogP) is 2.53. The number of phenolic OH excluding ortho intramolecular Hbond substituents is 1. The summed E-state index contributed by atoms with van der Waals surface area (Å²) in [5, 5.41) is 9.32. The molecule has 3 rings (SSSR count). The minimum Gasteiger partial charge on any atom is -0.508 e. The average Bonchev–Trinajstić information content (AvgIpc) is 2.52. The van der Waals surface area contributed by atoms with Gasteiger partial charge in [-0.1, -0.05) is 30.3 Å². The number of aromatic hydroxyl groups is 1. The van der Waals surface area contributed by atoms with Crippen molar-refractivity contribution in [2.75, 3.05) is 0 Å². The number of aromatic nitrogens is 2. The van der Waals surface area contributed by atoms with Crippen LogP contribution in [0.2, 0.25) is 0 Å². The minimum absolute atomic E-state index is 0.0976. The van der Waals surface area contributed by atoms with E-state index in [1.807, 2.05) is 30.3 Å². The lowest BCUT2D eigenvalue weighted by molar-refractivity contribution is 0.475. The van der Waals surface area contributed by atoms with Crippen molar-refractivity contribution < 1.29 is 5.11 Å². The van der Waals surface area contributed by atoms with E-state index in [2.05, 4.69) is 4.98 Å². The number of hydrogen-bond acceptors (Lipinski definition) is 3. The highest BCUT2D eigenvalue weighted by molar-refractivity contribution is 5.37. The van der Waals surface area contributed by atoms with Crippen molar-refractivity contribution >= 4 is 0 Å². The first-order valence-electron chi connectivity index (χ1n) is 6.63. The molecule has 0 unspecified atom stereocenters. The van der Waals surface area contributed by atoms with Crippen molar-refractivity contribution in [3.05, 3.63) is 88.6 Å². The Balaban J connectivity index is 1.99. The summed E-state index contributed by atoms with van der Waals surface area (Å²) in [5.74, 6) is 0.167. The van der Waals surface area contributed by atoms with Gasteiger partial charge in [0.1, 0.15) is 12.1 Å². The quantitative estimate of drug-likeness (QED) is 0.801. The lowest BCUT2D eigenvalue weighted by Crippen LogP contribution is -2.22. The van der Waals surface area contributed by atoms with E-state index in [9.17, 15) is 9.90 Å². The summed E-state index contributed by atoms with van der Waals surface area (Å²) >= 11 is 0. The number of hydrogen-bond donors (Lipinski definition) is 1. The van der Waals surface area contributed by atoms with Gasteiger partial charge in [0.25, 0.3) is 5.56 Å². The standard InChI is InChI=1S/C17H14N2O2/c20-16-8-6-15(7-9-16)19-12-18-11-14(17(19)21)10-13-4-2-1-3-5-13/h1-9,11-12,20H,10H2. The van der Waals surface area contributed by atoms with Crippen LogP contribution in [0.3, 0.4) is 0 Å². The summed E-state index contributed by atoms with van der Waals surface area (Å²) in [6.45, 7) is 0. The van der Waals surface area contributed by atoms with E-state index >= 15 is 0 Å². The van der Waals surface area contributed by atoms with Crippen molar-refractivity contribution in [3.63, 3.8) is 0 Å². The summed E-state index contributed by atoms with van der Waals surface area (Å²) < 4.78 is 1.48. The maximum Gasteiger partial charge on any atom is 0.261 e. The fraction of sp³-hybridized carbons (Fsp3) is 0.0588. The SMILES string of the molecule is O=c1c(Cc2ccccc2)cncn1-c1ccc(O)cc1. The fourth-order valence-corrected chi connectivity index (χ4v) is 2.19. The lowest BCUT2D eigenvalue weighted by atomic mass is 10.1. The second-order valence-corrected chi connectivity index (χ2v) is 4.77. The molecule has 1 heterocycles. The summed E-state index contributed by atoms with van der Waals surface area (Å²) in [6, 6.07) is 16.3. The second-order valence-electron chi connectivity index (χ2n) is 4.77. The Bertz CT molecular complexity index is 793. The molecule has 3 aromatic rings. The van der Waals surface area contributed by atoms with Gasteiger partial charge in [0.15, 0.2) is 0 Å². The van der Waals surface area contributed by atoms with E-state index in [1.165, 1.54) is 10.9 Å². The van der Waals surface area contributed by atoms with E-state index in [0.29, 0.717) is 17.7 Å². The topological polar surface area (TPSA) is 55.1 Å². The van der Waals surface area contributed by atoms with E-state index in [1.54, 1.807) is 30.5 Å². The highest BCUT2D eigenvalue weighted by Crippen LogP contribution is 2.12. The number of phenols is 1. The zero-order valence-electron chi connectivity index (χ0n) is 11.3. The zero-order chi connectivity index (χ0) is 14.7. The first-order valence-corrected chi connectivity index (χ1v) is 6.63. The monoisotopic (exact) mass is 278 g/mol. The van der Waals surface area contributed by atoms with Crippen LogP contribution in [0, 0.1) is 0 Å². The van der Waals surface area contributed by atoms with Crippen LogP contribution >= 0.6 is 0 Å². The molecule has 0 amide bonds. The van der Waals surface area contributed by atoms with Gasteiger partial charge in [0.05, 0.1) is 5.69 Å². The molecule has 0 spiro atoms. The van der Waals surface area contributed by atoms with Gasteiger partial charge in [-0.3, -0.25) is 9.36 Å². The van der Waals surface area contributed by atoms with Crippen LogP contribution in [0.4, 0.5) is 0 Å². The Morgan fingerprint density at radius 1 is 1.00 bits per heavy atom. The molecule has 0 aliphatic heterocycles. The Morgan fingerprint density at radius 2 is 1.71 bits per heavy atom. The van der Waals surface area contributed by atoms with E-state index in [4.69, 9.17) is 0 Å². The molecule has 0 radical (unpaired) electrons. The van der Waals surface area contributed by atoms with Gasteiger partial charge in [-0.2, -0.15) is 0 Å². The third-order valence-electron chi connectivity index (χ3n) is 3.27. The van der Waals surface area contributed by atoms with Crippen molar-refractivity contribution in [1.82, 2.24) is 9.55 Å². The molecule has 0 aliphatic carbocycles. The highest BCUT2D eigenvalue weighted by Gasteiger charge is 2.06. The third kappa shape index (κ3) is 2.84. The molecule has 0 aliphatic rings. The highest BCUT2D eigenvalue weighted by atomic mass is 16.3. The van der Waals surface area contributed by atoms with Gasteiger partial charge < -0.3 is 5.11 Å². The van der Waals surface area contributed by atoms with E-state index in [-0.39, 0.29) is 11.3 Å². The Morgan fingerprint density at radius 3 is 2.43 bits per heavy atom. The number of rotatable bonds is 3.